The summed E-state index contributed by atoms with van der Waals surface area (Å²) < 4.78 is 30.3. The number of likely N-dealkylation sites (N-methyl/N-ethyl adjacent to an activating group) is 1. The van der Waals surface area contributed by atoms with Gasteiger partial charge in [-0.25, -0.2) is 0 Å². The zero-order valence-corrected chi connectivity index (χ0v) is 16.9. The van der Waals surface area contributed by atoms with Crippen LogP contribution in [0.5, 0.6) is 0 Å². The first kappa shape index (κ1) is 19.8. The van der Waals surface area contributed by atoms with Gasteiger partial charge in [-0.15, -0.1) is 0 Å². The number of benzene rings is 1. The first-order valence-electron chi connectivity index (χ1n) is 8.45. The van der Waals surface area contributed by atoms with Gasteiger partial charge in [-0.3, -0.25) is 9.48 Å². The standard InChI is InChI=1S/C17H22ClN5O3S/c1-11-14(10-22(2)20-11)15-8-16(23(3)27(25,26)21-15)17(24)19-9-12-4-6-13(18)7-5-12/h4-7,10,15-16,21H,8-9H2,1-3H3,(H,19,24). The molecule has 1 aliphatic rings. The lowest BCUT2D eigenvalue weighted by Crippen LogP contribution is -2.57. The summed E-state index contributed by atoms with van der Waals surface area (Å²) in [6.45, 7) is 2.11. The molecule has 0 aliphatic carbocycles. The highest BCUT2D eigenvalue weighted by molar-refractivity contribution is 7.87. The van der Waals surface area contributed by atoms with Crippen LogP contribution in [0.1, 0.15) is 29.3 Å². The second kappa shape index (κ2) is 7.59. The predicted octanol–water partition coefficient (Wildman–Crippen LogP) is 1.28. The average Bonchev–Trinajstić information content (AvgIpc) is 2.94. The number of nitrogens with one attached hydrogen (secondary N) is 2. The Kier molecular flexibility index (Phi) is 5.57. The molecule has 1 saturated heterocycles. The van der Waals surface area contributed by atoms with Gasteiger partial charge in [0.15, 0.2) is 0 Å². The Balaban J connectivity index is 1.76. The number of carbonyl (C=O) groups is 1. The zero-order chi connectivity index (χ0) is 19.8. The quantitative estimate of drug-likeness (QED) is 0.792. The number of aryl methyl sites for hydroxylation is 2. The summed E-state index contributed by atoms with van der Waals surface area (Å²) in [7, 11) is -0.603. The Morgan fingerprint density at radius 3 is 2.59 bits per heavy atom. The Hall–Kier alpha value is -1.94. The summed E-state index contributed by atoms with van der Waals surface area (Å²) in [4.78, 5) is 12.7. The molecule has 3 rings (SSSR count). The highest BCUT2D eigenvalue weighted by Crippen LogP contribution is 2.29. The number of amides is 1. The van der Waals surface area contributed by atoms with Gasteiger partial charge in [0.1, 0.15) is 6.04 Å². The Morgan fingerprint density at radius 2 is 2.00 bits per heavy atom. The smallest absolute Gasteiger partial charge is 0.280 e. The number of aromatic nitrogens is 2. The van der Waals surface area contributed by atoms with Crippen LogP contribution in [0.4, 0.5) is 0 Å². The maximum atomic E-state index is 12.7. The Bertz CT molecular complexity index is 942. The monoisotopic (exact) mass is 411 g/mol. The van der Waals surface area contributed by atoms with Crippen LogP contribution >= 0.6 is 11.6 Å². The van der Waals surface area contributed by atoms with Gasteiger partial charge >= 0.3 is 0 Å². The molecule has 27 heavy (non-hydrogen) atoms. The number of hydrogen-bond acceptors (Lipinski definition) is 4. The lowest BCUT2D eigenvalue weighted by Gasteiger charge is -2.36. The molecule has 0 spiro atoms. The van der Waals surface area contributed by atoms with Crippen molar-refractivity contribution in [3.8, 4) is 0 Å². The van der Waals surface area contributed by atoms with Crippen LogP contribution < -0.4 is 10.0 Å². The van der Waals surface area contributed by atoms with Gasteiger partial charge in [0.05, 0.1) is 11.7 Å². The first-order chi connectivity index (χ1) is 12.7. The summed E-state index contributed by atoms with van der Waals surface area (Å²) >= 11 is 5.86. The topological polar surface area (TPSA) is 96.3 Å². The number of hydrogen-bond donors (Lipinski definition) is 2. The van der Waals surface area contributed by atoms with Crippen molar-refractivity contribution in [3.05, 3.63) is 52.3 Å². The third-order valence-electron chi connectivity index (χ3n) is 4.68. The fourth-order valence-electron chi connectivity index (χ4n) is 3.18. The summed E-state index contributed by atoms with van der Waals surface area (Å²) in [6.07, 6.45) is 2.09. The minimum atomic E-state index is -3.78. The highest BCUT2D eigenvalue weighted by Gasteiger charge is 2.41. The number of carbonyl (C=O) groups excluding carboxylic acids is 1. The lowest BCUT2D eigenvalue weighted by molar-refractivity contribution is -0.125. The minimum Gasteiger partial charge on any atom is -0.351 e. The van der Waals surface area contributed by atoms with Crippen molar-refractivity contribution in [2.24, 2.45) is 7.05 Å². The van der Waals surface area contributed by atoms with E-state index in [2.05, 4.69) is 15.1 Å². The van der Waals surface area contributed by atoms with Crippen LogP contribution in [0.2, 0.25) is 5.02 Å². The fourth-order valence-corrected chi connectivity index (χ4v) is 4.57. The van der Waals surface area contributed by atoms with Crippen molar-refractivity contribution in [1.29, 1.82) is 0 Å². The van der Waals surface area contributed by atoms with Crippen LogP contribution in [0.15, 0.2) is 30.5 Å². The van der Waals surface area contributed by atoms with E-state index >= 15 is 0 Å². The van der Waals surface area contributed by atoms with E-state index in [4.69, 9.17) is 11.6 Å². The molecule has 8 nitrogen and oxygen atoms in total. The van der Waals surface area contributed by atoms with Crippen molar-refractivity contribution in [2.45, 2.75) is 32.0 Å². The minimum absolute atomic E-state index is 0.296. The van der Waals surface area contributed by atoms with Gasteiger partial charge in [0, 0.05) is 37.4 Å². The second-order valence-corrected chi connectivity index (χ2v) is 8.83. The molecule has 2 N–H and O–H groups in total. The molecule has 0 saturated carbocycles. The molecule has 1 aromatic carbocycles. The van der Waals surface area contributed by atoms with Crippen molar-refractivity contribution in [2.75, 3.05) is 7.05 Å². The molecule has 1 amide bonds. The molecule has 10 heteroatoms. The van der Waals surface area contributed by atoms with Crippen molar-refractivity contribution >= 4 is 27.7 Å². The lowest BCUT2D eigenvalue weighted by atomic mass is 10.00. The molecule has 0 radical (unpaired) electrons. The molecule has 1 fully saturated rings. The van der Waals surface area contributed by atoms with E-state index in [1.807, 2.05) is 19.1 Å². The van der Waals surface area contributed by atoms with E-state index in [9.17, 15) is 13.2 Å². The maximum Gasteiger partial charge on any atom is 0.280 e. The van der Waals surface area contributed by atoms with E-state index in [0.29, 0.717) is 18.0 Å². The molecular weight excluding hydrogens is 390 g/mol. The number of halogens is 1. The molecule has 146 valence electrons. The summed E-state index contributed by atoms with van der Waals surface area (Å²) in [6, 6.07) is 5.79. The molecule has 2 heterocycles. The van der Waals surface area contributed by atoms with Gasteiger partial charge in [0.2, 0.25) is 5.91 Å². The fraction of sp³-hybridized carbons (Fsp3) is 0.412. The number of nitrogens with zero attached hydrogens (tertiary/aromatic N) is 3. The Morgan fingerprint density at radius 1 is 1.33 bits per heavy atom. The van der Waals surface area contributed by atoms with Crippen LogP contribution in [0.25, 0.3) is 0 Å². The molecule has 1 aromatic heterocycles. The normalized spacial score (nSPS) is 22.5. The average molecular weight is 412 g/mol. The molecule has 1 aliphatic heterocycles. The van der Waals surface area contributed by atoms with Crippen LogP contribution in [0.3, 0.4) is 0 Å². The Labute approximate surface area is 163 Å². The predicted molar refractivity (Wildman–Crippen MR) is 102 cm³/mol. The van der Waals surface area contributed by atoms with Crippen molar-refractivity contribution in [1.82, 2.24) is 24.1 Å². The van der Waals surface area contributed by atoms with Crippen molar-refractivity contribution in [3.63, 3.8) is 0 Å². The molecule has 2 atom stereocenters. The molecule has 2 unspecified atom stereocenters. The largest absolute Gasteiger partial charge is 0.351 e. The number of rotatable bonds is 4. The summed E-state index contributed by atoms with van der Waals surface area (Å²) in [5.41, 5.74) is 2.38. The van der Waals surface area contributed by atoms with Crippen LogP contribution in [-0.2, 0) is 28.6 Å². The third-order valence-corrected chi connectivity index (χ3v) is 6.52. The van der Waals surface area contributed by atoms with Gasteiger partial charge in [-0.05, 0) is 31.0 Å². The van der Waals surface area contributed by atoms with Gasteiger partial charge in [-0.2, -0.15) is 22.5 Å². The second-order valence-electron chi connectivity index (χ2n) is 6.63. The van der Waals surface area contributed by atoms with Crippen LogP contribution in [-0.4, -0.2) is 41.5 Å². The van der Waals surface area contributed by atoms with E-state index < -0.39 is 22.3 Å². The van der Waals surface area contributed by atoms with E-state index in [1.165, 1.54) is 7.05 Å². The zero-order valence-electron chi connectivity index (χ0n) is 15.3. The van der Waals surface area contributed by atoms with E-state index in [0.717, 1.165) is 21.1 Å². The van der Waals surface area contributed by atoms with Gasteiger partial charge < -0.3 is 5.32 Å². The van der Waals surface area contributed by atoms with Crippen molar-refractivity contribution < 1.29 is 13.2 Å². The summed E-state index contributed by atoms with van der Waals surface area (Å²) in [5, 5.41) is 7.69. The molecule has 2 aromatic rings. The highest BCUT2D eigenvalue weighted by atomic mass is 35.5. The molecular formula is C17H22ClN5O3S. The maximum absolute atomic E-state index is 12.7. The first-order valence-corrected chi connectivity index (χ1v) is 10.3. The summed E-state index contributed by atoms with van der Waals surface area (Å²) in [5.74, 6) is -0.343. The third kappa shape index (κ3) is 4.32. The van der Waals surface area contributed by atoms with Crippen LogP contribution in [0, 0.1) is 6.92 Å². The molecule has 0 bridgehead atoms. The van der Waals surface area contributed by atoms with E-state index in [1.54, 1.807) is 30.1 Å². The van der Waals surface area contributed by atoms with E-state index in [-0.39, 0.29) is 5.91 Å². The van der Waals surface area contributed by atoms with Gasteiger partial charge in [-0.1, -0.05) is 23.7 Å². The SMILES string of the molecule is Cc1nn(C)cc1C1CC(C(=O)NCc2ccc(Cl)cc2)N(C)S(=O)(=O)N1. The van der Waals surface area contributed by atoms with Gasteiger partial charge in [0.25, 0.3) is 10.2 Å².